The Morgan fingerprint density at radius 1 is 0.838 bits per heavy atom. The van der Waals surface area contributed by atoms with Gasteiger partial charge in [-0.25, -0.2) is 9.97 Å². The molecule has 0 radical (unpaired) electrons. The van der Waals surface area contributed by atoms with Crippen molar-refractivity contribution in [3.05, 3.63) is 84.4 Å². The Balaban J connectivity index is 1.48. The molecular formula is C31H32N4O2. The van der Waals surface area contributed by atoms with Crippen molar-refractivity contribution in [2.24, 2.45) is 5.92 Å². The zero-order chi connectivity index (χ0) is 25.8. The van der Waals surface area contributed by atoms with Gasteiger partial charge in [0.25, 0.3) is 5.91 Å². The molecule has 1 saturated heterocycles. The summed E-state index contributed by atoms with van der Waals surface area (Å²) in [5, 5.41) is 0. The van der Waals surface area contributed by atoms with E-state index < -0.39 is 0 Å². The second-order valence-electron chi connectivity index (χ2n) is 9.46. The average Bonchev–Trinajstić information content (AvgIpc) is 2.97. The molecule has 1 atom stereocenters. The molecule has 5 rings (SSSR count). The Labute approximate surface area is 218 Å². The number of carbonyl (C=O) groups excluding carboxylic acids is 2. The van der Waals surface area contributed by atoms with Crippen LogP contribution in [0.2, 0.25) is 0 Å². The van der Waals surface area contributed by atoms with Crippen molar-refractivity contribution in [1.29, 1.82) is 0 Å². The lowest BCUT2D eigenvalue weighted by Crippen LogP contribution is -2.46. The second-order valence-corrected chi connectivity index (χ2v) is 9.46. The highest BCUT2D eigenvalue weighted by Crippen LogP contribution is 2.31. The first-order valence-electron chi connectivity index (χ1n) is 13.1. The van der Waals surface area contributed by atoms with Crippen LogP contribution in [-0.2, 0) is 4.79 Å². The van der Waals surface area contributed by atoms with Crippen molar-refractivity contribution in [1.82, 2.24) is 19.8 Å². The minimum atomic E-state index is -0.143. The molecule has 0 aliphatic carbocycles. The van der Waals surface area contributed by atoms with Gasteiger partial charge in [0.05, 0.1) is 28.3 Å². The Morgan fingerprint density at radius 2 is 1.43 bits per heavy atom. The molecule has 1 aromatic heterocycles. The van der Waals surface area contributed by atoms with E-state index in [1.54, 1.807) is 0 Å². The van der Waals surface area contributed by atoms with Gasteiger partial charge in [0, 0.05) is 42.9 Å². The lowest BCUT2D eigenvalue weighted by molar-refractivity contribution is -0.136. The van der Waals surface area contributed by atoms with Crippen molar-refractivity contribution < 1.29 is 9.59 Å². The van der Waals surface area contributed by atoms with Gasteiger partial charge in [0.2, 0.25) is 5.91 Å². The summed E-state index contributed by atoms with van der Waals surface area (Å²) in [4.78, 5) is 40.1. The number of fused-ring (bicyclic) bond motifs is 1. The van der Waals surface area contributed by atoms with E-state index in [1.807, 2.05) is 103 Å². The van der Waals surface area contributed by atoms with E-state index in [9.17, 15) is 9.59 Å². The summed E-state index contributed by atoms with van der Waals surface area (Å²) in [6.45, 7) is 6.49. The molecule has 6 nitrogen and oxygen atoms in total. The summed E-state index contributed by atoms with van der Waals surface area (Å²) < 4.78 is 0. The summed E-state index contributed by atoms with van der Waals surface area (Å²) in [6, 6.07) is 25.6. The smallest absolute Gasteiger partial charge is 0.253 e. The van der Waals surface area contributed by atoms with Gasteiger partial charge in [0.1, 0.15) is 0 Å². The molecule has 4 aromatic rings. The number of hydrogen-bond acceptors (Lipinski definition) is 4. The molecule has 0 spiro atoms. The van der Waals surface area contributed by atoms with Gasteiger partial charge in [-0.05, 0) is 44.9 Å². The highest BCUT2D eigenvalue weighted by Gasteiger charge is 2.31. The van der Waals surface area contributed by atoms with Gasteiger partial charge in [-0.3, -0.25) is 9.59 Å². The minimum Gasteiger partial charge on any atom is -0.343 e. The van der Waals surface area contributed by atoms with Crippen LogP contribution >= 0.6 is 0 Å². The third kappa shape index (κ3) is 5.10. The van der Waals surface area contributed by atoms with Crippen LogP contribution in [0.5, 0.6) is 0 Å². The van der Waals surface area contributed by atoms with Crippen LogP contribution in [0.3, 0.4) is 0 Å². The Bertz CT molecular complexity index is 1400. The first kappa shape index (κ1) is 24.6. The standard InChI is InChI=1S/C31H32N4O2/c1-3-34(4-2)31(37)25-16-11-19-35(21-25)30(36)24-17-18-26-27(20-24)33-29(23-14-9-6-10-15-23)28(32-26)22-12-7-5-8-13-22/h5-10,12-15,17-18,20,25H,3-4,11,16,19,21H2,1-2H3. The topological polar surface area (TPSA) is 66.4 Å². The molecule has 3 aromatic carbocycles. The highest BCUT2D eigenvalue weighted by molar-refractivity contribution is 5.98. The second kappa shape index (κ2) is 10.9. The monoisotopic (exact) mass is 492 g/mol. The molecule has 6 heteroatoms. The number of rotatable bonds is 6. The number of benzene rings is 3. The normalized spacial score (nSPS) is 15.5. The molecule has 0 saturated carbocycles. The fraction of sp³-hybridized carbons (Fsp3) is 0.290. The van der Waals surface area contributed by atoms with Crippen LogP contribution < -0.4 is 0 Å². The summed E-state index contributed by atoms with van der Waals surface area (Å²) in [5.74, 6) is -0.0575. The average molecular weight is 493 g/mol. The summed E-state index contributed by atoms with van der Waals surface area (Å²) >= 11 is 0. The van der Waals surface area contributed by atoms with Crippen LogP contribution in [0.15, 0.2) is 78.9 Å². The highest BCUT2D eigenvalue weighted by atomic mass is 16.2. The van der Waals surface area contributed by atoms with Crippen LogP contribution in [-0.4, -0.2) is 57.8 Å². The van der Waals surface area contributed by atoms with Gasteiger partial charge in [-0.2, -0.15) is 0 Å². The number of piperidine rings is 1. The molecule has 2 heterocycles. The van der Waals surface area contributed by atoms with E-state index in [-0.39, 0.29) is 17.7 Å². The van der Waals surface area contributed by atoms with Crippen LogP contribution in [0.25, 0.3) is 33.5 Å². The Kier molecular flexibility index (Phi) is 7.26. The van der Waals surface area contributed by atoms with Gasteiger partial charge in [-0.15, -0.1) is 0 Å². The van der Waals surface area contributed by atoms with Crippen LogP contribution in [0.4, 0.5) is 0 Å². The number of nitrogens with zero attached hydrogens (tertiary/aromatic N) is 4. The number of aromatic nitrogens is 2. The SMILES string of the molecule is CCN(CC)C(=O)C1CCCN(C(=O)c2ccc3nc(-c4ccccc4)c(-c4ccccc4)nc3c2)C1. The van der Waals surface area contributed by atoms with Gasteiger partial charge in [-0.1, -0.05) is 60.7 Å². The molecule has 2 amide bonds. The molecule has 0 N–H and O–H groups in total. The van der Waals surface area contributed by atoms with E-state index in [2.05, 4.69) is 0 Å². The van der Waals surface area contributed by atoms with Gasteiger partial charge < -0.3 is 9.80 Å². The van der Waals surface area contributed by atoms with Crippen molar-refractivity contribution in [2.45, 2.75) is 26.7 Å². The quantitative estimate of drug-likeness (QED) is 0.347. The fourth-order valence-corrected chi connectivity index (χ4v) is 5.12. The Morgan fingerprint density at radius 3 is 2.03 bits per heavy atom. The molecule has 0 bridgehead atoms. The van der Waals surface area contributed by atoms with Gasteiger partial charge in [0.15, 0.2) is 0 Å². The van der Waals surface area contributed by atoms with Crippen LogP contribution in [0.1, 0.15) is 37.0 Å². The molecule has 1 aliphatic rings. The Hall–Kier alpha value is -4.06. The molecule has 37 heavy (non-hydrogen) atoms. The number of likely N-dealkylation sites (tertiary alicyclic amines) is 1. The predicted molar refractivity (Wildman–Crippen MR) is 147 cm³/mol. The zero-order valence-electron chi connectivity index (χ0n) is 21.4. The van der Waals surface area contributed by atoms with E-state index in [0.29, 0.717) is 37.3 Å². The maximum atomic E-state index is 13.5. The lowest BCUT2D eigenvalue weighted by Gasteiger charge is -2.34. The molecule has 1 unspecified atom stereocenters. The molecular weight excluding hydrogens is 460 g/mol. The first-order chi connectivity index (χ1) is 18.1. The van der Waals surface area contributed by atoms with Gasteiger partial charge >= 0.3 is 0 Å². The maximum Gasteiger partial charge on any atom is 0.253 e. The van der Waals surface area contributed by atoms with Crippen molar-refractivity contribution >= 4 is 22.8 Å². The van der Waals surface area contributed by atoms with Crippen molar-refractivity contribution in [2.75, 3.05) is 26.2 Å². The summed E-state index contributed by atoms with van der Waals surface area (Å²) in [5.41, 5.74) is 5.55. The number of amides is 2. The zero-order valence-corrected chi connectivity index (χ0v) is 21.4. The molecule has 1 aliphatic heterocycles. The third-order valence-electron chi connectivity index (χ3n) is 7.14. The van der Waals surface area contributed by atoms with E-state index in [4.69, 9.17) is 9.97 Å². The predicted octanol–water partition coefficient (Wildman–Crippen LogP) is 5.68. The number of hydrogen-bond donors (Lipinski definition) is 0. The first-order valence-corrected chi connectivity index (χ1v) is 13.1. The fourth-order valence-electron chi connectivity index (χ4n) is 5.12. The van der Waals surface area contributed by atoms with Crippen molar-refractivity contribution in [3.8, 4) is 22.5 Å². The summed E-state index contributed by atoms with van der Waals surface area (Å²) in [6.07, 6.45) is 1.65. The van der Waals surface area contributed by atoms with Crippen molar-refractivity contribution in [3.63, 3.8) is 0 Å². The maximum absolute atomic E-state index is 13.5. The third-order valence-corrected chi connectivity index (χ3v) is 7.14. The van der Waals surface area contributed by atoms with Crippen LogP contribution in [0, 0.1) is 5.92 Å². The van der Waals surface area contributed by atoms with E-state index >= 15 is 0 Å². The largest absolute Gasteiger partial charge is 0.343 e. The number of carbonyl (C=O) groups is 2. The lowest BCUT2D eigenvalue weighted by atomic mass is 9.95. The summed E-state index contributed by atoms with van der Waals surface area (Å²) in [7, 11) is 0. The minimum absolute atomic E-state index is 0.0610. The molecule has 188 valence electrons. The molecule has 1 fully saturated rings. The van der Waals surface area contributed by atoms with E-state index in [0.717, 1.165) is 40.9 Å². The van der Waals surface area contributed by atoms with E-state index in [1.165, 1.54) is 0 Å².